The molecule has 0 saturated carbocycles. The smallest absolute Gasteiger partial charge is 0.277 e. The molecule has 0 aromatic carbocycles. The Morgan fingerprint density at radius 3 is 2.65 bits per heavy atom. The molecule has 1 aliphatic heterocycles. The first-order chi connectivity index (χ1) is 16.5. The van der Waals surface area contributed by atoms with Gasteiger partial charge in [-0.05, 0) is 33.3 Å². The molecule has 0 aliphatic carbocycles. The van der Waals surface area contributed by atoms with Crippen molar-refractivity contribution in [1.29, 1.82) is 0 Å². The number of nitrogens with zero attached hydrogens (tertiary/aromatic N) is 5. The molecule has 0 unspecified atom stereocenters. The van der Waals surface area contributed by atoms with Crippen LogP contribution in [0, 0.1) is 6.92 Å². The zero-order valence-corrected chi connectivity index (χ0v) is 21.2. The van der Waals surface area contributed by atoms with E-state index in [0.717, 1.165) is 28.6 Å². The van der Waals surface area contributed by atoms with Gasteiger partial charge in [-0.2, -0.15) is 0 Å². The molecule has 4 heterocycles. The molecule has 1 saturated heterocycles. The van der Waals surface area contributed by atoms with E-state index in [1.807, 2.05) is 45.3 Å². The minimum atomic E-state index is -0.0810. The number of aryl methyl sites for hydroxylation is 2. The first-order valence-corrected chi connectivity index (χ1v) is 12.6. The summed E-state index contributed by atoms with van der Waals surface area (Å²) in [5.41, 5.74) is 2.79. The molecule has 0 spiro atoms. The molecule has 2 atom stereocenters. The van der Waals surface area contributed by atoms with Crippen molar-refractivity contribution in [2.24, 2.45) is 0 Å². The number of rotatable bonds is 9. The SMILES string of the molecule is CCO[C@H]1CN(c2nccs2)C[C@H]1Nc1c(CC)nc(-c2ccc(OC)nc2C)n(CC)c1=O. The second-order valence-corrected chi connectivity index (χ2v) is 8.98. The van der Waals surface area contributed by atoms with Gasteiger partial charge in [0.15, 0.2) is 5.13 Å². The van der Waals surface area contributed by atoms with Crippen LogP contribution in [0.3, 0.4) is 0 Å². The largest absolute Gasteiger partial charge is 0.481 e. The average molecular weight is 485 g/mol. The Kier molecular flexibility index (Phi) is 7.47. The molecule has 3 aromatic rings. The zero-order valence-electron chi connectivity index (χ0n) is 20.4. The van der Waals surface area contributed by atoms with Gasteiger partial charge >= 0.3 is 0 Å². The standard InChI is InChI=1S/C24H32N6O3S/c1-6-17-21(27-18-13-29(14-19(18)33-8-3)24-25-11-12-34-24)23(31)30(7-2)22(28-17)16-9-10-20(32-5)26-15(16)4/h9-12,18-19,27H,6-8,13-14H2,1-5H3/t18-,19+/m1/s1. The van der Waals surface area contributed by atoms with Crippen LogP contribution in [0.2, 0.25) is 0 Å². The van der Waals surface area contributed by atoms with E-state index in [9.17, 15) is 4.79 Å². The van der Waals surface area contributed by atoms with Crippen LogP contribution in [0.5, 0.6) is 5.88 Å². The van der Waals surface area contributed by atoms with E-state index in [1.165, 1.54) is 0 Å². The van der Waals surface area contributed by atoms with Crippen LogP contribution in [0.1, 0.15) is 32.2 Å². The van der Waals surface area contributed by atoms with Gasteiger partial charge in [-0.15, -0.1) is 11.3 Å². The maximum atomic E-state index is 13.7. The third kappa shape index (κ3) is 4.65. The molecule has 10 heteroatoms. The second-order valence-electron chi connectivity index (χ2n) is 8.11. The van der Waals surface area contributed by atoms with Gasteiger partial charge in [-0.3, -0.25) is 9.36 Å². The molecule has 0 bridgehead atoms. The fourth-order valence-corrected chi connectivity index (χ4v) is 5.06. The first-order valence-electron chi connectivity index (χ1n) is 11.7. The van der Waals surface area contributed by atoms with Crippen LogP contribution < -0.4 is 20.5 Å². The topological polar surface area (TPSA) is 94.4 Å². The highest BCUT2D eigenvalue weighted by atomic mass is 32.1. The van der Waals surface area contributed by atoms with Gasteiger partial charge < -0.3 is 19.7 Å². The fourth-order valence-electron chi connectivity index (χ4n) is 4.40. The fraction of sp³-hybridized carbons (Fsp3) is 0.500. The average Bonchev–Trinajstić information content (AvgIpc) is 3.51. The minimum absolute atomic E-state index is 0.0517. The summed E-state index contributed by atoms with van der Waals surface area (Å²) >= 11 is 1.61. The summed E-state index contributed by atoms with van der Waals surface area (Å²) in [7, 11) is 1.59. The van der Waals surface area contributed by atoms with Crippen LogP contribution in [-0.4, -0.2) is 58.5 Å². The predicted octanol–water partition coefficient (Wildman–Crippen LogP) is 3.37. The minimum Gasteiger partial charge on any atom is -0.481 e. The molecule has 34 heavy (non-hydrogen) atoms. The van der Waals surface area contributed by atoms with Gasteiger partial charge in [0.25, 0.3) is 5.56 Å². The van der Waals surface area contributed by atoms with Crippen LogP contribution in [-0.2, 0) is 17.7 Å². The van der Waals surface area contributed by atoms with Crippen molar-refractivity contribution < 1.29 is 9.47 Å². The maximum absolute atomic E-state index is 13.7. The summed E-state index contributed by atoms with van der Waals surface area (Å²) in [5, 5.41) is 6.46. The third-order valence-electron chi connectivity index (χ3n) is 6.07. The number of hydrogen-bond acceptors (Lipinski definition) is 9. The molecule has 0 radical (unpaired) electrons. The Bertz CT molecular complexity index is 1180. The molecule has 0 amide bonds. The molecule has 1 aliphatic rings. The van der Waals surface area contributed by atoms with Crippen molar-refractivity contribution in [2.45, 2.75) is 52.8 Å². The molecular formula is C24H32N6O3S. The summed E-state index contributed by atoms with van der Waals surface area (Å²) in [5.74, 6) is 1.16. The highest BCUT2D eigenvalue weighted by Crippen LogP contribution is 2.28. The number of hydrogen-bond donors (Lipinski definition) is 1. The number of aromatic nitrogens is 4. The van der Waals surface area contributed by atoms with E-state index >= 15 is 0 Å². The lowest BCUT2D eigenvalue weighted by atomic mass is 10.1. The lowest BCUT2D eigenvalue weighted by Crippen LogP contribution is -2.38. The Morgan fingerprint density at radius 2 is 2.03 bits per heavy atom. The monoisotopic (exact) mass is 484 g/mol. The third-order valence-corrected chi connectivity index (χ3v) is 6.90. The lowest BCUT2D eigenvalue weighted by Gasteiger charge is -2.23. The second kappa shape index (κ2) is 10.5. The Hall–Kier alpha value is -2.98. The van der Waals surface area contributed by atoms with Crippen molar-refractivity contribution in [3.8, 4) is 17.3 Å². The van der Waals surface area contributed by atoms with E-state index in [2.05, 4.69) is 20.2 Å². The molecule has 1 N–H and O–H groups in total. The normalized spacial score (nSPS) is 17.9. The number of nitrogens with one attached hydrogen (secondary N) is 1. The number of ether oxygens (including phenoxy) is 2. The predicted molar refractivity (Wildman–Crippen MR) is 135 cm³/mol. The summed E-state index contributed by atoms with van der Waals surface area (Å²) in [6.07, 6.45) is 2.38. The van der Waals surface area contributed by atoms with Gasteiger partial charge in [-0.1, -0.05) is 6.92 Å². The summed E-state index contributed by atoms with van der Waals surface area (Å²) < 4.78 is 13.0. The molecule has 182 valence electrons. The van der Waals surface area contributed by atoms with E-state index < -0.39 is 0 Å². The van der Waals surface area contributed by atoms with Gasteiger partial charge in [0, 0.05) is 49.4 Å². The van der Waals surface area contributed by atoms with Crippen LogP contribution >= 0.6 is 11.3 Å². The van der Waals surface area contributed by atoms with Gasteiger partial charge in [-0.25, -0.2) is 15.0 Å². The molecule has 4 rings (SSSR count). The lowest BCUT2D eigenvalue weighted by molar-refractivity contribution is 0.0720. The molecular weight excluding hydrogens is 452 g/mol. The van der Waals surface area contributed by atoms with Gasteiger partial charge in [0.1, 0.15) is 11.5 Å². The summed E-state index contributed by atoms with van der Waals surface area (Å²) in [6, 6.07) is 3.66. The van der Waals surface area contributed by atoms with Crippen molar-refractivity contribution in [3.05, 3.63) is 45.5 Å². The van der Waals surface area contributed by atoms with Crippen molar-refractivity contribution in [2.75, 3.05) is 37.0 Å². The van der Waals surface area contributed by atoms with E-state index in [0.29, 0.717) is 43.5 Å². The first kappa shape index (κ1) is 24.2. The van der Waals surface area contributed by atoms with Crippen LogP contribution in [0.15, 0.2) is 28.5 Å². The molecule has 1 fully saturated rings. The zero-order chi connectivity index (χ0) is 24.2. The number of thiazole rings is 1. The van der Waals surface area contributed by atoms with Crippen molar-refractivity contribution in [1.82, 2.24) is 19.5 Å². The number of methoxy groups -OCH3 is 1. The Balaban J connectivity index is 1.72. The highest BCUT2D eigenvalue weighted by Gasteiger charge is 2.35. The van der Waals surface area contributed by atoms with Crippen LogP contribution in [0.4, 0.5) is 10.8 Å². The van der Waals surface area contributed by atoms with Crippen LogP contribution in [0.25, 0.3) is 11.4 Å². The molecule has 3 aromatic heterocycles. The number of pyridine rings is 1. The quantitative estimate of drug-likeness (QED) is 0.494. The van der Waals surface area contributed by atoms with E-state index in [-0.39, 0.29) is 17.7 Å². The van der Waals surface area contributed by atoms with E-state index in [4.69, 9.17) is 14.5 Å². The summed E-state index contributed by atoms with van der Waals surface area (Å²) in [4.78, 5) is 29.8. The van der Waals surface area contributed by atoms with Gasteiger partial charge in [0.05, 0.1) is 30.6 Å². The maximum Gasteiger partial charge on any atom is 0.277 e. The molecule has 9 nitrogen and oxygen atoms in total. The van der Waals surface area contributed by atoms with Crippen molar-refractivity contribution in [3.63, 3.8) is 0 Å². The van der Waals surface area contributed by atoms with E-state index in [1.54, 1.807) is 29.1 Å². The number of anilines is 2. The Labute approximate surface area is 203 Å². The van der Waals surface area contributed by atoms with Gasteiger partial charge in [0.2, 0.25) is 5.88 Å². The van der Waals surface area contributed by atoms with Crippen molar-refractivity contribution >= 4 is 22.2 Å². The summed E-state index contributed by atoms with van der Waals surface area (Å²) in [6.45, 7) is 10.4. The highest BCUT2D eigenvalue weighted by molar-refractivity contribution is 7.13. The Morgan fingerprint density at radius 1 is 1.21 bits per heavy atom.